The summed E-state index contributed by atoms with van der Waals surface area (Å²) < 4.78 is 30.6. The third kappa shape index (κ3) is 4.98. The van der Waals surface area contributed by atoms with Gasteiger partial charge in [-0.25, -0.2) is 13.4 Å². The molecule has 0 radical (unpaired) electrons. The van der Waals surface area contributed by atoms with E-state index in [2.05, 4.69) is 15.0 Å². The van der Waals surface area contributed by atoms with Gasteiger partial charge in [0.15, 0.2) is 0 Å². The molecule has 0 saturated heterocycles. The van der Waals surface area contributed by atoms with Gasteiger partial charge in [-0.15, -0.1) is 0 Å². The van der Waals surface area contributed by atoms with Gasteiger partial charge < -0.3 is 9.88 Å². The predicted octanol–water partition coefficient (Wildman–Crippen LogP) is 4.87. The Bertz CT molecular complexity index is 1450. The number of aromatic nitrogens is 2. The van der Waals surface area contributed by atoms with Crippen molar-refractivity contribution in [3.8, 4) is 5.69 Å². The summed E-state index contributed by atoms with van der Waals surface area (Å²) in [6.07, 6.45) is 5.18. The highest BCUT2D eigenvalue weighted by atomic mass is 35.5. The Labute approximate surface area is 203 Å². The number of nitrogens with zero attached hydrogens (tertiary/aromatic N) is 2. The van der Waals surface area contributed by atoms with Crippen molar-refractivity contribution in [2.45, 2.75) is 25.3 Å². The zero-order valence-corrected chi connectivity index (χ0v) is 20.2. The molecule has 0 atom stereocenters. The third-order valence-electron chi connectivity index (χ3n) is 5.55. The molecular formula is C25H23ClN4O3S. The molecule has 34 heavy (non-hydrogen) atoms. The minimum atomic E-state index is -4.01. The molecule has 7 nitrogen and oxygen atoms in total. The van der Waals surface area contributed by atoms with E-state index in [9.17, 15) is 13.2 Å². The number of aryl methyl sites for hydroxylation is 1. The van der Waals surface area contributed by atoms with Crippen molar-refractivity contribution in [3.63, 3.8) is 0 Å². The predicted molar refractivity (Wildman–Crippen MR) is 133 cm³/mol. The molecule has 0 spiro atoms. The molecule has 4 rings (SSSR count). The fourth-order valence-corrected chi connectivity index (χ4v) is 5.15. The molecule has 2 N–H and O–H groups in total. The molecule has 0 aliphatic heterocycles. The molecule has 0 aliphatic rings. The van der Waals surface area contributed by atoms with Crippen LogP contribution in [-0.2, 0) is 16.6 Å². The quantitative estimate of drug-likeness (QED) is 0.383. The molecule has 0 bridgehead atoms. The summed E-state index contributed by atoms with van der Waals surface area (Å²) in [6.45, 7) is 3.98. The lowest BCUT2D eigenvalue weighted by molar-refractivity contribution is 0.0950. The molecule has 1 aromatic heterocycles. The summed E-state index contributed by atoms with van der Waals surface area (Å²) in [5.41, 5.74) is 4.18. The van der Waals surface area contributed by atoms with E-state index in [0.717, 1.165) is 22.4 Å². The first-order valence-corrected chi connectivity index (χ1v) is 12.4. The Morgan fingerprint density at radius 1 is 1.06 bits per heavy atom. The molecule has 0 unspecified atom stereocenters. The van der Waals surface area contributed by atoms with Crippen molar-refractivity contribution < 1.29 is 13.2 Å². The number of anilines is 1. The topological polar surface area (TPSA) is 93.1 Å². The first-order chi connectivity index (χ1) is 16.3. The summed E-state index contributed by atoms with van der Waals surface area (Å²) >= 11 is 6.21. The maximum absolute atomic E-state index is 13.1. The van der Waals surface area contributed by atoms with Gasteiger partial charge in [0, 0.05) is 24.5 Å². The number of hydrogen-bond donors (Lipinski definition) is 2. The number of nitrogens with one attached hydrogen (secondary N) is 2. The van der Waals surface area contributed by atoms with E-state index in [0.29, 0.717) is 5.69 Å². The Morgan fingerprint density at radius 2 is 1.85 bits per heavy atom. The summed E-state index contributed by atoms with van der Waals surface area (Å²) in [4.78, 5) is 16.8. The van der Waals surface area contributed by atoms with Gasteiger partial charge in [0.25, 0.3) is 15.9 Å². The summed E-state index contributed by atoms with van der Waals surface area (Å²) in [5.74, 6) is -0.416. The number of carbonyl (C=O) groups excluding carboxylic acids is 1. The zero-order valence-electron chi connectivity index (χ0n) is 18.6. The fraction of sp³-hybridized carbons (Fsp3) is 0.120. The molecular weight excluding hydrogens is 472 g/mol. The third-order valence-corrected chi connectivity index (χ3v) is 7.39. The van der Waals surface area contributed by atoms with Crippen molar-refractivity contribution >= 4 is 33.2 Å². The van der Waals surface area contributed by atoms with Crippen molar-refractivity contribution in [1.29, 1.82) is 0 Å². The lowest BCUT2D eigenvalue weighted by Gasteiger charge is -2.14. The van der Waals surface area contributed by atoms with Gasteiger partial charge in [-0.05, 0) is 60.9 Å². The molecule has 4 aromatic rings. The van der Waals surface area contributed by atoms with Crippen LogP contribution in [0.5, 0.6) is 0 Å². The van der Waals surface area contributed by atoms with Gasteiger partial charge in [-0.3, -0.25) is 9.52 Å². The fourth-order valence-electron chi connectivity index (χ4n) is 3.50. The van der Waals surface area contributed by atoms with Crippen LogP contribution in [0, 0.1) is 13.8 Å². The average Bonchev–Trinajstić information content (AvgIpc) is 3.35. The average molecular weight is 495 g/mol. The van der Waals surface area contributed by atoms with E-state index >= 15 is 0 Å². The van der Waals surface area contributed by atoms with Gasteiger partial charge in [0.2, 0.25) is 0 Å². The number of para-hydroxylation sites is 1. The number of rotatable bonds is 7. The van der Waals surface area contributed by atoms with Crippen LogP contribution in [0.2, 0.25) is 5.02 Å². The number of hydrogen-bond acceptors (Lipinski definition) is 4. The van der Waals surface area contributed by atoms with Crippen LogP contribution >= 0.6 is 11.6 Å². The molecule has 1 amide bonds. The van der Waals surface area contributed by atoms with E-state index in [1.807, 2.05) is 54.9 Å². The normalized spacial score (nSPS) is 11.3. The monoisotopic (exact) mass is 494 g/mol. The molecule has 3 aromatic carbocycles. The Kier molecular flexibility index (Phi) is 6.72. The molecule has 174 valence electrons. The summed E-state index contributed by atoms with van der Waals surface area (Å²) in [5, 5.41) is 2.88. The van der Waals surface area contributed by atoms with Gasteiger partial charge in [0.05, 0.1) is 22.7 Å². The van der Waals surface area contributed by atoms with Crippen LogP contribution in [0.15, 0.2) is 84.3 Å². The molecule has 0 saturated carbocycles. The first-order valence-electron chi connectivity index (χ1n) is 10.5. The van der Waals surface area contributed by atoms with Gasteiger partial charge in [-0.2, -0.15) is 0 Å². The highest BCUT2D eigenvalue weighted by molar-refractivity contribution is 7.92. The first kappa shape index (κ1) is 23.5. The van der Waals surface area contributed by atoms with Crippen LogP contribution in [0.25, 0.3) is 5.69 Å². The minimum Gasteiger partial charge on any atom is -0.348 e. The number of halogens is 1. The summed E-state index contributed by atoms with van der Waals surface area (Å²) in [6, 6.07) is 17.2. The number of benzene rings is 3. The molecule has 0 fully saturated rings. The maximum Gasteiger partial charge on any atom is 0.263 e. The highest BCUT2D eigenvalue weighted by Crippen LogP contribution is 2.27. The van der Waals surface area contributed by atoms with Crippen LogP contribution in [0.4, 0.5) is 5.69 Å². The summed E-state index contributed by atoms with van der Waals surface area (Å²) in [7, 11) is -4.01. The molecule has 0 aliphatic carbocycles. The Hall–Kier alpha value is -3.62. The lowest BCUT2D eigenvalue weighted by atomic mass is 10.1. The van der Waals surface area contributed by atoms with Crippen molar-refractivity contribution in [1.82, 2.24) is 14.9 Å². The van der Waals surface area contributed by atoms with Crippen molar-refractivity contribution in [3.05, 3.63) is 107 Å². The number of imidazole rings is 1. The highest BCUT2D eigenvalue weighted by Gasteiger charge is 2.21. The van der Waals surface area contributed by atoms with Gasteiger partial charge in [0.1, 0.15) is 4.90 Å². The van der Waals surface area contributed by atoms with E-state index < -0.39 is 15.9 Å². The van der Waals surface area contributed by atoms with E-state index in [-0.39, 0.29) is 22.0 Å². The van der Waals surface area contributed by atoms with E-state index in [1.54, 1.807) is 24.7 Å². The molecule has 1 heterocycles. The second kappa shape index (κ2) is 9.70. The van der Waals surface area contributed by atoms with Gasteiger partial charge >= 0.3 is 0 Å². The number of carbonyl (C=O) groups is 1. The Balaban J connectivity index is 1.55. The van der Waals surface area contributed by atoms with E-state index in [1.165, 1.54) is 18.2 Å². The number of amides is 1. The largest absolute Gasteiger partial charge is 0.348 e. The second-order valence-electron chi connectivity index (χ2n) is 7.78. The smallest absolute Gasteiger partial charge is 0.263 e. The number of sulfonamides is 1. The van der Waals surface area contributed by atoms with Crippen LogP contribution in [0.3, 0.4) is 0 Å². The second-order valence-corrected chi connectivity index (χ2v) is 9.84. The standard InChI is InChI=1S/C25H23ClN4O3S/c1-17-6-5-8-22(18(17)2)29-34(32,33)24-14-19(10-11-21(24)26)25(31)28-15-20-7-3-4-9-23(20)30-13-12-27-16-30/h3-14,16,29H,15H2,1-2H3,(H,28,31). The van der Waals surface area contributed by atoms with Crippen molar-refractivity contribution in [2.75, 3.05) is 4.72 Å². The minimum absolute atomic E-state index is 0.0276. The van der Waals surface area contributed by atoms with E-state index in [4.69, 9.17) is 11.6 Å². The SMILES string of the molecule is Cc1cccc(NS(=O)(=O)c2cc(C(=O)NCc3ccccc3-n3ccnc3)ccc2Cl)c1C. The molecule has 9 heteroatoms. The van der Waals surface area contributed by atoms with Crippen LogP contribution in [-0.4, -0.2) is 23.9 Å². The van der Waals surface area contributed by atoms with Crippen LogP contribution < -0.4 is 10.0 Å². The zero-order chi connectivity index (χ0) is 24.3. The van der Waals surface area contributed by atoms with Crippen LogP contribution in [0.1, 0.15) is 27.0 Å². The Morgan fingerprint density at radius 3 is 2.62 bits per heavy atom. The van der Waals surface area contributed by atoms with Gasteiger partial charge in [-0.1, -0.05) is 41.9 Å². The lowest BCUT2D eigenvalue weighted by Crippen LogP contribution is -2.24. The maximum atomic E-state index is 13.1. The van der Waals surface area contributed by atoms with Crippen molar-refractivity contribution in [2.24, 2.45) is 0 Å².